The van der Waals surface area contributed by atoms with Crippen molar-refractivity contribution < 1.29 is 4.79 Å². The van der Waals surface area contributed by atoms with Crippen LogP contribution in [0.15, 0.2) is 52.7 Å². The van der Waals surface area contributed by atoms with Crippen LogP contribution in [0.3, 0.4) is 0 Å². The average Bonchev–Trinajstić information content (AvgIpc) is 3.04. The lowest BCUT2D eigenvalue weighted by molar-refractivity contribution is -0.116. The third-order valence-electron chi connectivity index (χ3n) is 4.21. The van der Waals surface area contributed by atoms with Crippen LogP contribution >= 0.6 is 11.8 Å². The van der Waals surface area contributed by atoms with Crippen molar-refractivity contribution in [2.24, 2.45) is 17.1 Å². The number of nitrogens with one attached hydrogen (secondary N) is 1. The number of para-hydroxylation sites is 1. The van der Waals surface area contributed by atoms with Crippen LogP contribution in [0.5, 0.6) is 0 Å². The summed E-state index contributed by atoms with van der Waals surface area (Å²) in [6, 6.07) is 11.7. The van der Waals surface area contributed by atoms with Crippen molar-refractivity contribution in [2.75, 3.05) is 5.75 Å². The summed E-state index contributed by atoms with van der Waals surface area (Å²) in [7, 11) is 1.98. The van der Waals surface area contributed by atoms with Gasteiger partial charge in [-0.1, -0.05) is 36.9 Å². The fraction of sp³-hybridized carbons (Fsp3) is 0.278. The number of amidine groups is 1. The first-order valence-corrected chi connectivity index (χ1v) is 9.28. The molecule has 1 amide bonds. The van der Waals surface area contributed by atoms with Crippen molar-refractivity contribution in [3.63, 3.8) is 0 Å². The molecule has 0 spiro atoms. The first-order chi connectivity index (χ1) is 12.2. The van der Waals surface area contributed by atoms with E-state index in [0.29, 0.717) is 10.9 Å². The standard InChI is InChI=1S/C18H19N5OS/c1-3-11-25-18-20-17(24)15-12-7-4-5-8-13(12)19-16(23(15)21-18)14-9-6-10-22(14)2/h4-10,16H,3,11H2,1-2H3,(H,20,21,24). The zero-order valence-electron chi connectivity index (χ0n) is 14.1. The fourth-order valence-corrected chi connectivity index (χ4v) is 3.73. The van der Waals surface area contributed by atoms with Gasteiger partial charge in [0, 0.05) is 24.2 Å². The monoisotopic (exact) mass is 353 g/mol. The molecular formula is C18H19N5OS. The van der Waals surface area contributed by atoms with Gasteiger partial charge in [-0.25, -0.2) is 5.01 Å². The molecule has 0 fully saturated rings. The van der Waals surface area contributed by atoms with Gasteiger partial charge in [-0.3, -0.25) is 15.1 Å². The number of amides is 1. The molecule has 3 heterocycles. The molecule has 0 saturated carbocycles. The third kappa shape index (κ3) is 2.74. The molecule has 128 valence electrons. The summed E-state index contributed by atoms with van der Waals surface area (Å²) in [6.45, 7) is 2.11. The molecule has 1 aromatic carbocycles. The maximum atomic E-state index is 12.8. The predicted octanol–water partition coefficient (Wildman–Crippen LogP) is 1.31. The molecule has 0 aliphatic carbocycles. The van der Waals surface area contributed by atoms with Gasteiger partial charge in [0.1, 0.15) is 5.70 Å². The molecule has 7 heteroatoms. The maximum Gasteiger partial charge on any atom is 0.276 e. The third-order valence-corrected chi connectivity index (χ3v) is 5.28. The Morgan fingerprint density at radius 1 is 1.24 bits per heavy atom. The van der Waals surface area contributed by atoms with E-state index >= 15 is 0 Å². The summed E-state index contributed by atoms with van der Waals surface area (Å²) in [5.41, 5.74) is 1.54. The minimum atomic E-state index is -0.354. The molecule has 2 aliphatic rings. The Labute approximate surface area is 149 Å². The van der Waals surface area contributed by atoms with Gasteiger partial charge in [-0.05, 0) is 24.6 Å². The molecule has 0 bridgehead atoms. The Bertz CT molecular complexity index is 977. The van der Waals surface area contributed by atoms with Crippen LogP contribution < -0.4 is 15.9 Å². The highest BCUT2D eigenvalue weighted by atomic mass is 32.2. The highest BCUT2D eigenvalue weighted by molar-refractivity contribution is 8.13. The van der Waals surface area contributed by atoms with Gasteiger partial charge >= 0.3 is 0 Å². The summed E-state index contributed by atoms with van der Waals surface area (Å²) >= 11 is 1.56. The van der Waals surface area contributed by atoms with Crippen LogP contribution in [0.25, 0.3) is 5.70 Å². The van der Waals surface area contributed by atoms with Crippen molar-refractivity contribution >= 4 is 28.5 Å². The second kappa shape index (κ2) is 6.40. The Hall–Kier alpha value is -2.54. The molecular weight excluding hydrogens is 334 g/mol. The van der Waals surface area contributed by atoms with Crippen LogP contribution in [0.2, 0.25) is 0 Å². The van der Waals surface area contributed by atoms with Crippen molar-refractivity contribution in [3.05, 3.63) is 58.9 Å². The number of hydrogen-bond acceptors (Lipinski definition) is 5. The van der Waals surface area contributed by atoms with Gasteiger partial charge < -0.3 is 4.57 Å². The molecule has 2 aromatic rings. The average molecular weight is 353 g/mol. The van der Waals surface area contributed by atoms with Gasteiger partial charge in [-0.15, -0.1) is 5.10 Å². The minimum Gasteiger partial charge on any atom is -0.351 e. The summed E-state index contributed by atoms with van der Waals surface area (Å²) in [5, 5.41) is 11.6. The number of benzene rings is 1. The number of aryl methyl sites for hydroxylation is 1. The zero-order chi connectivity index (χ0) is 17.4. The largest absolute Gasteiger partial charge is 0.351 e. The fourth-order valence-electron chi connectivity index (χ4n) is 3.03. The number of nitrogens with zero attached hydrogens (tertiary/aromatic N) is 4. The number of carbonyl (C=O) groups excluding carboxylic acids is 1. The molecule has 25 heavy (non-hydrogen) atoms. The number of hydrogen-bond donors (Lipinski definition) is 1. The molecule has 4 rings (SSSR count). The molecule has 1 atom stereocenters. The summed E-state index contributed by atoms with van der Waals surface area (Å²) < 4.78 is 2.01. The van der Waals surface area contributed by atoms with Crippen LogP contribution in [-0.2, 0) is 11.8 Å². The smallest absolute Gasteiger partial charge is 0.276 e. The van der Waals surface area contributed by atoms with Crippen LogP contribution in [0.4, 0.5) is 0 Å². The Morgan fingerprint density at radius 2 is 2.08 bits per heavy atom. The van der Waals surface area contributed by atoms with Gasteiger partial charge in [-0.2, -0.15) is 0 Å². The lowest BCUT2D eigenvalue weighted by atomic mass is 10.1. The van der Waals surface area contributed by atoms with Gasteiger partial charge in [0.2, 0.25) is 0 Å². The topological polar surface area (TPSA) is 62.0 Å². The summed E-state index contributed by atoms with van der Waals surface area (Å²) in [6.07, 6.45) is 2.64. The number of thioether (sulfide) groups is 1. The van der Waals surface area contributed by atoms with Crippen LogP contribution in [0, 0.1) is 0 Å². The number of carbonyl (C=O) groups is 1. The summed E-state index contributed by atoms with van der Waals surface area (Å²) in [4.78, 5) is 17.7. The number of hydrazone groups is 1. The quantitative estimate of drug-likeness (QED) is 0.905. The Morgan fingerprint density at radius 3 is 2.84 bits per heavy atom. The number of fused-ring (bicyclic) bond motifs is 2. The molecule has 6 nitrogen and oxygen atoms in total. The zero-order valence-corrected chi connectivity index (χ0v) is 15.0. The number of rotatable bonds is 3. The second-order valence-corrected chi connectivity index (χ2v) is 7.05. The number of aromatic nitrogens is 1. The van der Waals surface area contributed by atoms with Gasteiger partial charge in [0.15, 0.2) is 11.3 Å². The first-order valence-electron chi connectivity index (χ1n) is 8.29. The van der Waals surface area contributed by atoms with E-state index in [1.807, 2.05) is 54.2 Å². The first kappa shape index (κ1) is 16.0. The van der Waals surface area contributed by atoms with Gasteiger partial charge in [0.05, 0.1) is 11.1 Å². The van der Waals surface area contributed by atoms with E-state index in [9.17, 15) is 4.79 Å². The van der Waals surface area contributed by atoms with Gasteiger partial charge in [0.25, 0.3) is 5.91 Å². The van der Waals surface area contributed by atoms with Crippen LogP contribution in [-0.4, -0.2) is 26.4 Å². The molecule has 1 N–H and O–H groups in total. The van der Waals surface area contributed by atoms with E-state index in [-0.39, 0.29) is 12.1 Å². The minimum absolute atomic E-state index is 0.129. The van der Waals surface area contributed by atoms with E-state index in [1.165, 1.54) is 0 Å². The van der Waals surface area contributed by atoms with Crippen molar-refractivity contribution in [2.45, 2.75) is 19.5 Å². The van der Waals surface area contributed by atoms with Crippen LogP contribution in [0.1, 0.15) is 25.2 Å². The lowest BCUT2D eigenvalue weighted by Crippen LogP contribution is -2.50. The highest BCUT2D eigenvalue weighted by Crippen LogP contribution is 2.30. The van der Waals surface area contributed by atoms with E-state index in [2.05, 4.69) is 12.2 Å². The normalized spacial score (nSPS) is 18.9. The second-order valence-electron chi connectivity index (χ2n) is 5.96. The summed E-state index contributed by atoms with van der Waals surface area (Å²) in [5.74, 6) is 0.778. The molecule has 0 saturated heterocycles. The highest BCUT2D eigenvalue weighted by Gasteiger charge is 2.35. The van der Waals surface area contributed by atoms with E-state index in [1.54, 1.807) is 16.8 Å². The van der Waals surface area contributed by atoms with E-state index < -0.39 is 0 Å². The van der Waals surface area contributed by atoms with Crippen molar-refractivity contribution in [3.8, 4) is 0 Å². The Kier molecular flexibility index (Phi) is 4.09. The molecule has 1 aromatic heterocycles. The predicted molar refractivity (Wildman–Crippen MR) is 99.0 cm³/mol. The van der Waals surface area contributed by atoms with E-state index in [4.69, 9.17) is 10.1 Å². The molecule has 1 unspecified atom stereocenters. The van der Waals surface area contributed by atoms with Crippen molar-refractivity contribution in [1.29, 1.82) is 0 Å². The Balaban J connectivity index is 1.91. The maximum absolute atomic E-state index is 12.8. The van der Waals surface area contributed by atoms with Crippen molar-refractivity contribution in [1.82, 2.24) is 14.9 Å². The lowest BCUT2D eigenvalue weighted by Gasteiger charge is -2.34. The SMILES string of the molecule is CCCSC1=NN2C(=c3ccccc3=NC2c2cccn2C)C(=O)N1. The molecule has 0 radical (unpaired) electrons. The molecule has 2 aliphatic heterocycles. The van der Waals surface area contributed by atoms with E-state index in [0.717, 1.165) is 28.4 Å².